The van der Waals surface area contributed by atoms with Crippen molar-refractivity contribution in [2.75, 3.05) is 15.8 Å². The number of carbonyl (C=O) groups excluding carboxylic acids is 1. The van der Waals surface area contributed by atoms with Crippen molar-refractivity contribution in [2.45, 2.75) is 23.6 Å². The number of nitrogens with zero attached hydrogens (tertiary/aromatic N) is 1. The first-order valence-electron chi connectivity index (χ1n) is 8.38. The summed E-state index contributed by atoms with van der Waals surface area (Å²) in [7, 11) is -3.81. The van der Waals surface area contributed by atoms with Gasteiger partial charge in [0.1, 0.15) is 0 Å². The molecule has 3 rings (SSSR count). The zero-order valence-electron chi connectivity index (χ0n) is 15.3. The molecule has 146 valence electrons. The molecule has 9 heteroatoms. The Bertz CT molecular complexity index is 1060. The van der Waals surface area contributed by atoms with E-state index in [0.717, 1.165) is 4.90 Å². The highest BCUT2D eigenvalue weighted by atomic mass is 32.2. The van der Waals surface area contributed by atoms with E-state index in [1.165, 1.54) is 36.0 Å². The van der Waals surface area contributed by atoms with Gasteiger partial charge >= 0.3 is 0 Å². The van der Waals surface area contributed by atoms with Gasteiger partial charge < -0.3 is 9.84 Å². The number of benzene rings is 2. The third-order valence-corrected chi connectivity index (χ3v) is 6.30. The standard InChI is InChI=1S/C19H19N3O4S2/c1-13-14(2)21-26-19(13)22-28(24,25)17-10-8-15(9-11-17)20-18(23)12-27-16-6-4-3-5-7-16/h3-11,22H,12H2,1-2H3,(H,20,23). The molecule has 0 saturated carbocycles. The number of amides is 1. The summed E-state index contributed by atoms with van der Waals surface area (Å²) >= 11 is 1.43. The molecule has 0 aliphatic rings. The average Bonchev–Trinajstić information content (AvgIpc) is 2.99. The van der Waals surface area contributed by atoms with Gasteiger partial charge in [0, 0.05) is 16.1 Å². The van der Waals surface area contributed by atoms with Gasteiger partial charge in [-0.25, -0.2) is 13.1 Å². The molecule has 1 heterocycles. The van der Waals surface area contributed by atoms with E-state index in [1.807, 2.05) is 30.3 Å². The van der Waals surface area contributed by atoms with Crippen LogP contribution in [0.3, 0.4) is 0 Å². The molecule has 0 aliphatic heterocycles. The van der Waals surface area contributed by atoms with E-state index >= 15 is 0 Å². The number of thioether (sulfide) groups is 1. The molecule has 7 nitrogen and oxygen atoms in total. The molecule has 3 aromatic rings. The second kappa shape index (κ2) is 8.49. The number of rotatable bonds is 7. The fourth-order valence-corrected chi connectivity index (χ4v) is 4.04. The van der Waals surface area contributed by atoms with E-state index in [9.17, 15) is 13.2 Å². The van der Waals surface area contributed by atoms with E-state index in [2.05, 4.69) is 15.2 Å². The molecule has 0 spiro atoms. The lowest BCUT2D eigenvalue weighted by molar-refractivity contribution is -0.113. The molecule has 0 radical (unpaired) electrons. The molecule has 2 N–H and O–H groups in total. The summed E-state index contributed by atoms with van der Waals surface area (Å²) in [4.78, 5) is 13.1. The van der Waals surface area contributed by atoms with Gasteiger partial charge in [-0.3, -0.25) is 4.79 Å². The lowest BCUT2D eigenvalue weighted by Gasteiger charge is -2.08. The Morgan fingerprint density at radius 1 is 1.07 bits per heavy atom. The van der Waals surface area contributed by atoms with Crippen LogP contribution in [-0.2, 0) is 14.8 Å². The van der Waals surface area contributed by atoms with Crippen LogP contribution in [0.15, 0.2) is 68.9 Å². The fraction of sp³-hybridized carbons (Fsp3) is 0.158. The van der Waals surface area contributed by atoms with Crippen molar-refractivity contribution in [3.63, 3.8) is 0 Å². The van der Waals surface area contributed by atoms with E-state index in [-0.39, 0.29) is 22.4 Å². The van der Waals surface area contributed by atoms with Gasteiger partial charge in [0.2, 0.25) is 11.8 Å². The number of anilines is 2. The molecule has 0 aliphatic carbocycles. The summed E-state index contributed by atoms with van der Waals surface area (Å²) in [6.45, 7) is 3.44. The van der Waals surface area contributed by atoms with Crippen molar-refractivity contribution in [2.24, 2.45) is 0 Å². The van der Waals surface area contributed by atoms with Crippen LogP contribution in [0, 0.1) is 13.8 Å². The Morgan fingerprint density at radius 2 is 1.75 bits per heavy atom. The minimum atomic E-state index is -3.81. The monoisotopic (exact) mass is 417 g/mol. The minimum absolute atomic E-state index is 0.0533. The predicted molar refractivity (Wildman–Crippen MR) is 109 cm³/mol. The Labute approximate surface area is 167 Å². The molecular weight excluding hydrogens is 398 g/mol. The van der Waals surface area contributed by atoms with Crippen LogP contribution in [0.25, 0.3) is 0 Å². The SMILES string of the molecule is Cc1noc(NS(=O)(=O)c2ccc(NC(=O)CSc3ccccc3)cc2)c1C. The molecule has 0 bridgehead atoms. The maximum absolute atomic E-state index is 12.5. The number of carbonyl (C=O) groups is 1. The second-order valence-corrected chi connectivity index (χ2v) is 8.73. The Hall–Kier alpha value is -2.78. The summed E-state index contributed by atoms with van der Waals surface area (Å²) in [5.74, 6) is 0.179. The lowest BCUT2D eigenvalue weighted by atomic mass is 10.3. The topological polar surface area (TPSA) is 101 Å². The van der Waals surface area contributed by atoms with Gasteiger partial charge in [-0.05, 0) is 50.2 Å². The zero-order chi connectivity index (χ0) is 20.1. The van der Waals surface area contributed by atoms with Crippen LogP contribution in [0.5, 0.6) is 0 Å². The number of sulfonamides is 1. The van der Waals surface area contributed by atoms with Crippen LogP contribution in [-0.4, -0.2) is 25.2 Å². The van der Waals surface area contributed by atoms with Crippen LogP contribution in [0.1, 0.15) is 11.3 Å². The van der Waals surface area contributed by atoms with Gasteiger partial charge in [0.05, 0.1) is 16.3 Å². The molecule has 0 fully saturated rings. The van der Waals surface area contributed by atoms with Crippen LogP contribution < -0.4 is 10.0 Å². The van der Waals surface area contributed by atoms with Crippen LogP contribution >= 0.6 is 11.8 Å². The molecule has 2 aromatic carbocycles. The number of hydrogen-bond donors (Lipinski definition) is 2. The molecule has 28 heavy (non-hydrogen) atoms. The first-order valence-corrected chi connectivity index (χ1v) is 10.9. The fourth-order valence-electron chi connectivity index (χ4n) is 2.27. The van der Waals surface area contributed by atoms with E-state index in [1.54, 1.807) is 13.8 Å². The molecule has 0 saturated heterocycles. The van der Waals surface area contributed by atoms with E-state index < -0.39 is 10.0 Å². The highest BCUT2D eigenvalue weighted by Crippen LogP contribution is 2.23. The van der Waals surface area contributed by atoms with Crippen molar-refractivity contribution in [1.82, 2.24) is 5.16 Å². The predicted octanol–water partition coefficient (Wildman–Crippen LogP) is 3.82. The van der Waals surface area contributed by atoms with Gasteiger partial charge in [0.25, 0.3) is 10.0 Å². The summed E-state index contributed by atoms with van der Waals surface area (Å²) in [5, 5.41) is 6.48. The average molecular weight is 418 g/mol. The minimum Gasteiger partial charge on any atom is -0.337 e. The van der Waals surface area contributed by atoms with E-state index in [4.69, 9.17) is 4.52 Å². The summed E-state index contributed by atoms with van der Waals surface area (Å²) in [6, 6.07) is 15.5. The summed E-state index contributed by atoms with van der Waals surface area (Å²) in [5.41, 5.74) is 1.76. The number of aryl methyl sites for hydroxylation is 1. The zero-order valence-corrected chi connectivity index (χ0v) is 16.9. The smallest absolute Gasteiger partial charge is 0.264 e. The van der Waals surface area contributed by atoms with Crippen molar-refractivity contribution in [1.29, 1.82) is 0 Å². The maximum atomic E-state index is 12.5. The third-order valence-electron chi connectivity index (χ3n) is 3.95. The summed E-state index contributed by atoms with van der Waals surface area (Å²) < 4.78 is 32.3. The first kappa shape index (κ1) is 20.0. The largest absolute Gasteiger partial charge is 0.337 e. The first-order chi connectivity index (χ1) is 13.3. The van der Waals surface area contributed by atoms with Crippen LogP contribution in [0.2, 0.25) is 0 Å². The highest BCUT2D eigenvalue weighted by Gasteiger charge is 2.19. The normalized spacial score (nSPS) is 11.2. The van der Waals surface area contributed by atoms with Gasteiger partial charge in [-0.15, -0.1) is 11.8 Å². The highest BCUT2D eigenvalue weighted by molar-refractivity contribution is 8.00. The lowest BCUT2D eigenvalue weighted by Crippen LogP contribution is -2.15. The molecular formula is C19H19N3O4S2. The third kappa shape index (κ3) is 4.93. The van der Waals surface area contributed by atoms with Crippen molar-refractivity contribution in [3.05, 3.63) is 65.9 Å². The van der Waals surface area contributed by atoms with Crippen LogP contribution in [0.4, 0.5) is 11.6 Å². The Morgan fingerprint density at radius 3 is 2.36 bits per heavy atom. The van der Waals surface area contributed by atoms with E-state index in [0.29, 0.717) is 16.9 Å². The Balaban J connectivity index is 1.61. The molecule has 1 amide bonds. The second-order valence-electron chi connectivity index (χ2n) is 6.00. The van der Waals surface area contributed by atoms with Crippen molar-refractivity contribution >= 4 is 39.3 Å². The molecule has 1 aromatic heterocycles. The van der Waals surface area contributed by atoms with Gasteiger partial charge in [0.15, 0.2) is 0 Å². The number of nitrogens with one attached hydrogen (secondary N) is 2. The maximum Gasteiger partial charge on any atom is 0.264 e. The van der Waals surface area contributed by atoms with Gasteiger partial charge in [-0.1, -0.05) is 23.4 Å². The summed E-state index contributed by atoms with van der Waals surface area (Å²) in [6.07, 6.45) is 0. The number of hydrogen-bond acceptors (Lipinski definition) is 6. The quantitative estimate of drug-likeness (QED) is 0.567. The van der Waals surface area contributed by atoms with Crippen molar-refractivity contribution < 1.29 is 17.7 Å². The van der Waals surface area contributed by atoms with Gasteiger partial charge in [-0.2, -0.15) is 0 Å². The molecule has 0 atom stereocenters. The van der Waals surface area contributed by atoms with Crippen molar-refractivity contribution in [3.8, 4) is 0 Å². The number of aromatic nitrogens is 1. The molecule has 0 unspecified atom stereocenters. The Kier molecular flexibility index (Phi) is 6.05.